The van der Waals surface area contributed by atoms with E-state index in [-0.39, 0.29) is 17.7 Å². The number of halogens is 6. The summed E-state index contributed by atoms with van der Waals surface area (Å²) in [5.41, 5.74) is -0.936. The predicted molar refractivity (Wildman–Crippen MR) is 141 cm³/mol. The second kappa shape index (κ2) is 11.7. The van der Waals surface area contributed by atoms with Crippen LogP contribution >= 0.6 is 11.3 Å². The molecule has 222 valence electrons. The molecule has 13 heteroatoms. The van der Waals surface area contributed by atoms with Gasteiger partial charge in [-0.1, -0.05) is 0 Å². The van der Waals surface area contributed by atoms with Crippen LogP contribution in [0.2, 0.25) is 0 Å². The van der Waals surface area contributed by atoms with Crippen molar-refractivity contribution in [3.05, 3.63) is 75.0 Å². The molecule has 1 amide bonds. The topological polar surface area (TPSA) is 51.2 Å². The largest absolute Gasteiger partial charge is 0.493 e. The van der Waals surface area contributed by atoms with Crippen molar-refractivity contribution >= 4 is 23.1 Å². The number of ether oxygens (including phenoxy) is 3. The molecule has 2 aromatic carbocycles. The van der Waals surface area contributed by atoms with E-state index in [0.717, 1.165) is 17.6 Å². The molecule has 0 bridgehead atoms. The van der Waals surface area contributed by atoms with Crippen molar-refractivity contribution in [2.75, 3.05) is 26.2 Å². The molecule has 4 rings (SSSR count). The molecular formula is C28H28F6N2O4S. The summed E-state index contributed by atoms with van der Waals surface area (Å²) in [6, 6.07) is 5.75. The number of hydrogen-bond acceptors (Lipinski definition) is 6. The zero-order valence-electron chi connectivity index (χ0n) is 22.6. The molecule has 3 aromatic rings. The third-order valence-corrected chi connectivity index (χ3v) is 7.75. The van der Waals surface area contributed by atoms with Gasteiger partial charge in [0.2, 0.25) is 0 Å². The minimum Gasteiger partial charge on any atom is -0.493 e. The van der Waals surface area contributed by atoms with Crippen molar-refractivity contribution in [3.8, 4) is 11.5 Å². The first kappa shape index (κ1) is 30.4. The number of carbonyl (C=O) groups excluding carboxylic acids is 1. The second-order valence-corrected chi connectivity index (χ2v) is 10.4. The average molecular weight is 603 g/mol. The van der Waals surface area contributed by atoms with Gasteiger partial charge in [-0.25, -0.2) is 4.79 Å². The Kier molecular flexibility index (Phi) is 8.67. The van der Waals surface area contributed by atoms with Crippen molar-refractivity contribution in [1.29, 1.82) is 0 Å². The molecule has 1 aliphatic rings. The number of fused-ring (bicyclic) bond motifs is 1. The fourth-order valence-corrected chi connectivity index (χ4v) is 5.72. The number of amides is 1. The summed E-state index contributed by atoms with van der Waals surface area (Å²) in [5.74, 6) is 0.774. The fourth-order valence-electron chi connectivity index (χ4n) is 5.06. The third kappa shape index (κ3) is 6.50. The van der Waals surface area contributed by atoms with Crippen LogP contribution in [-0.2, 0) is 30.2 Å². The molecule has 6 nitrogen and oxygen atoms in total. The van der Waals surface area contributed by atoms with Gasteiger partial charge < -0.3 is 19.1 Å². The number of nitrogens with zero attached hydrogens (tertiary/aromatic N) is 2. The van der Waals surface area contributed by atoms with Gasteiger partial charge in [0.1, 0.15) is 0 Å². The van der Waals surface area contributed by atoms with Gasteiger partial charge >= 0.3 is 18.4 Å². The summed E-state index contributed by atoms with van der Waals surface area (Å²) >= 11 is 1.54. The molecule has 2 atom stereocenters. The van der Waals surface area contributed by atoms with Crippen molar-refractivity contribution in [2.45, 2.75) is 50.9 Å². The highest BCUT2D eigenvalue weighted by atomic mass is 32.1. The van der Waals surface area contributed by atoms with Crippen LogP contribution < -0.4 is 14.4 Å². The summed E-state index contributed by atoms with van der Waals surface area (Å²) in [7, 11) is 4.02. The number of thiophene rings is 1. The summed E-state index contributed by atoms with van der Waals surface area (Å²) in [5, 5.41) is 3.96. The van der Waals surface area contributed by atoms with E-state index in [1.807, 2.05) is 23.8 Å². The van der Waals surface area contributed by atoms with Crippen LogP contribution in [0.1, 0.15) is 47.2 Å². The molecule has 0 saturated heterocycles. The normalized spacial score (nSPS) is 17.2. The van der Waals surface area contributed by atoms with E-state index >= 15 is 0 Å². The molecule has 1 aromatic heterocycles. The van der Waals surface area contributed by atoms with Crippen LogP contribution in [0, 0.1) is 0 Å². The Morgan fingerprint density at radius 1 is 0.951 bits per heavy atom. The quantitative estimate of drug-likeness (QED) is 0.257. The average Bonchev–Trinajstić information content (AvgIpc) is 3.44. The summed E-state index contributed by atoms with van der Waals surface area (Å²) in [6.07, 6.45) is -10.6. The van der Waals surface area contributed by atoms with Crippen LogP contribution in [0.5, 0.6) is 11.5 Å². The fraction of sp³-hybridized carbons (Fsp3) is 0.393. The van der Waals surface area contributed by atoms with Gasteiger partial charge in [-0.05, 0) is 65.6 Å². The van der Waals surface area contributed by atoms with E-state index in [4.69, 9.17) is 14.2 Å². The third-order valence-electron chi connectivity index (χ3n) is 7.02. The Labute approximate surface area is 237 Å². The van der Waals surface area contributed by atoms with E-state index in [1.165, 1.54) is 14.2 Å². The molecule has 0 aliphatic carbocycles. The van der Waals surface area contributed by atoms with Crippen molar-refractivity contribution in [1.82, 2.24) is 4.90 Å². The van der Waals surface area contributed by atoms with E-state index in [0.29, 0.717) is 47.8 Å². The maximum absolute atomic E-state index is 13.6. The molecule has 0 spiro atoms. The first-order valence-electron chi connectivity index (χ1n) is 12.4. The van der Waals surface area contributed by atoms with Gasteiger partial charge in [0.15, 0.2) is 11.5 Å². The molecule has 2 heterocycles. The highest BCUT2D eigenvalue weighted by molar-refractivity contribution is 7.07. The lowest BCUT2D eigenvalue weighted by Gasteiger charge is -2.44. The first-order valence-corrected chi connectivity index (χ1v) is 13.4. The SMILES string of the molecule is COC(=O)N(Cc1cc(C(F)(F)F)cc(C(F)(F)F)c1)[C@@H]1C[C@H](C)N(Cc2ccsc2)c2cc(OC)c(OC)cc21. The lowest BCUT2D eigenvalue weighted by molar-refractivity contribution is -0.143. The molecular weight excluding hydrogens is 574 g/mol. The molecule has 0 unspecified atom stereocenters. The molecule has 0 N–H and O–H groups in total. The Morgan fingerprint density at radius 2 is 1.56 bits per heavy atom. The number of hydrogen-bond donors (Lipinski definition) is 0. The van der Waals surface area contributed by atoms with Crippen LogP contribution in [0.3, 0.4) is 0 Å². The maximum Gasteiger partial charge on any atom is 0.416 e. The molecule has 41 heavy (non-hydrogen) atoms. The Balaban J connectivity index is 1.84. The zero-order chi connectivity index (χ0) is 30.1. The minimum atomic E-state index is -5.02. The van der Waals surface area contributed by atoms with Crippen LogP contribution in [-0.4, -0.2) is 38.4 Å². The smallest absolute Gasteiger partial charge is 0.416 e. The monoisotopic (exact) mass is 602 g/mol. The van der Waals surface area contributed by atoms with E-state index < -0.39 is 42.2 Å². The number of anilines is 1. The van der Waals surface area contributed by atoms with Gasteiger partial charge in [-0.2, -0.15) is 37.7 Å². The minimum absolute atomic E-state index is 0.0590. The van der Waals surface area contributed by atoms with Crippen LogP contribution in [0.25, 0.3) is 0 Å². The van der Waals surface area contributed by atoms with E-state index in [2.05, 4.69) is 4.90 Å². The van der Waals surface area contributed by atoms with Gasteiger partial charge in [0.05, 0.1) is 38.5 Å². The predicted octanol–water partition coefficient (Wildman–Crippen LogP) is 7.91. The summed E-state index contributed by atoms with van der Waals surface area (Å²) in [6.45, 7) is 1.90. The number of benzene rings is 2. The molecule has 0 fully saturated rings. The lowest BCUT2D eigenvalue weighted by Crippen LogP contribution is -2.44. The van der Waals surface area contributed by atoms with Gasteiger partial charge in [0.25, 0.3) is 0 Å². The van der Waals surface area contributed by atoms with Crippen LogP contribution in [0.15, 0.2) is 47.2 Å². The Hall–Kier alpha value is -3.61. The molecule has 1 aliphatic heterocycles. The first-order chi connectivity index (χ1) is 19.3. The number of alkyl halides is 6. The van der Waals surface area contributed by atoms with Gasteiger partial charge in [0, 0.05) is 36.4 Å². The lowest BCUT2D eigenvalue weighted by atomic mass is 9.89. The maximum atomic E-state index is 13.6. The van der Waals surface area contributed by atoms with Crippen molar-refractivity contribution in [2.24, 2.45) is 0 Å². The van der Waals surface area contributed by atoms with Crippen molar-refractivity contribution < 1.29 is 45.3 Å². The molecule has 0 radical (unpaired) electrons. The highest BCUT2D eigenvalue weighted by Crippen LogP contribution is 2.47. The standard InChI is InChI=1S/C28H28F6N2O4S/c1-16-7-22(21-11-24(38-2)25(39-3)12-23(21)35(16)13-17-5-6-41-15-17)36(26(37)40-4)14-18-8-19(27(29,30)31)10-20(9-18)28(32,33)34/h5-6,8-12,15-16,22H,7,13-14H2,1-4H3/t16-,22+/m0/s1. The number of methoxy groups -OCH3 is 3. The number of carbonyl (C=O) groups is 1. The van der Waals surface area contributed by atoms with E-state index in [9.17, 15) is 31.1 Å². The Morgan fingerprint density at radius 3 is 2.07 bits per heavy atom. The summed E-state index contributed by atoms with van der Waals surface area (Å²) in [4.78, 5) is 16.4. The molecule has 0 saturated carbocycles. The van der Waals surface area contributed by atoms with Gasteiger partial charge in [-0.3, -0.25) is 4.90 Å². The Bertz CT molecular complexity index is 1340. The number of rotatable bonds is 7. The highest BCUT2D eigenvalue weighted by Gasteiger charge is 2.40. The zero-order valence-corrected chi connectivity index (χ0v) is 23.4. The second-order valence-electron chi connectivity index (χ2n) is 9.64. The van der Waals surface area contributed by atoms with Gasteiger partial charge in [-0.15, -0.1) is 0 Å². The van der Waals surface area contributed by atoms with Crippen LogP contribution in [0.4, 0.5) is 36.8 Å². The van der Waals surface area contributed by atoms with E-state index in [1.54, 1.807) is 23.5 Å². The summed E-state index contributed by atoms with van der Waals surface area (Å²) < 4.78 is 97.3. The van der Waals surface area contributed by atoms with Crippen molar-refractivity contribution in [3.63, 3.8) is 0 Å².